The Morgan fingerprint density at radius 2 is 1.55 bits per heavy atom. The zero-order valence-electron chi connectivity index (χ0n) is 28.9. The van der Waals surface area contributed by atoms with Crippen molar-refractivity contribution in [3.63, 3.8) is 0 Å². The van der Waals surface area contributed by atoms with Crippen molar-refractivity contribution in [2.45, 2.75) is 45.6 Å². The van der Waals surface area contributed by atoms with Gasteiger partial charge in [-0.25, -0.2) is 13.3 Å². The van der Waals surface area contributed by atoms with Crippen molar-refractivity contribution in [2.75, 3.05) is 32.3 Å². The van der Waals surface area contributed by atoms with E-state index in [0.717, 1.165) is 61.7 Å². The number of carbonyl (C=O) groups excluding carboxylic acids is 2. The number of methoxy groups -OCH3 is 2. The standard InChI is InChI=1S/C39H40F2N4O6/c1-4-44(29-18-27(40)17-28(41)19-29)39(48)35-25-45(30-20-32(49-2)22-33(21-30)50-3)36-23-31(12-13-34(36)37(35)46)51-16-9-7-5-6-8-14-43-15-10-11-26(24-43)38(42)47/h10-13,15,17-25H,4-9,14,16H2,1-3H3,(H-,42,47)/p+1. The van der Waals surface area contributed by atoms with E-state index in [-0.39, 0.29) is 23.2 Å². The molecule has 10 nitrogen and oxygen atoms in total. The SMILES string of the molecule is CCN(C(=O)c1cn(-c2cc(OC)cc(OC)c2)c2cc(OCCCCCCC[n+]3cccc(C(N)=O)c3)ccc2c1=O)c1cc(F)cc(F)c1. The highest BCUT2D eigenvalue weighted by molar-refractivity contribution is 6.07. The second kappa shape index (κ2) is 16.8. The molecule has 0 saturated heterocycles. The lowest BCUT2D eigenvalue weighted by atomic mass is 10.1. The van der Waals surface area contributed by atoms with Crippen molar-refractivity contribution in [1.82, 2.24) is 4.57 Å². The Balaban J connectivity index is 1.36. The summed E-state index contributed by atoms with van der Waals surface area (Å²) < 4.78 is 49.0. The number of hydrogen-bond acceptors (Lipinski definition) is 6. The van der Waals surface area contributed by atoms with E-state index in [4.69, 9.17) is 19.9 Å². The Kier molecular flexibility index (Phi) is 12.0. The van der Waals surface area contributed by atoms with Gasteiger partial charge in [0.1, 0.15) is 46.6 Å². The summed E-state index contributed by atoms with van der Waals surface area (Å²) in [6, 6.07) is 16.5. The maximum atomic E-state index is 14.1. The Morgan fingerprint density at radius 3 is 2.22 bits per heavy atom. The third kappa shape index (κ3) is 8.88. The number of nitrogens with two attached hydrogens (primary N) is 1. The van der Waals surface area contributed by atoms with Crippen LogP contribution < -0.4 is 34.8 Å². The van der Waals surface area contributed by atoms with Crippen LogP contribution in [0, 0.1) is 11.6 Å². The quantitative estimate of drug-likeness (QED) is 0.0946. The summed E-state index contributed by atoms with van der Waals surface area (Å²) >= 11 is 0. The third-order valence-corrected chi connectivity index (χ3v) is 8.51. The number of amides is 2. The summed E-state index contributed by atoms with van der Waals surface area (Å²) in [7, 11) is 3.03. The van der Waals surface area contributed by atoms with Crippen LogP contribution >= 0.6 is 0 Å². The molecule has 0 aliphatic heterocycles. The number of nitrogens with zero attached hydrogens (tertiary/aromatic N) is 3. The monoisotopic (exact) mass is 699 g/mol. The molecule has 2 N–H and O–H groups in total. The van der Waals surface area contributed by atoms with Gasteiger partial charge >= 0.3 is 0 Å². The molecule has 0 unspecified atom stereocenters. The number of pyridine rings is 2. The van der Waals surface area contributed by atoms with Gasteiger partial charge in [-0.1, -0.05) is 12.8 Å². The summed E-state index contributed by atoms with van der Waals surface area (Å²) in [5, 5.41) is 0.246. The van der Waals surface area contributed by atoms with Gasteiger partial charge in [0.15, 0.2) is 12.4 Å². The zero-order valence-corrected chi connectivity index (χ0v) is 28.9. The number of benzene rings is 3. The molecule has 0 saturated carbocycles. The molecule has 51 heavy (non-hydrogen) atoms. The van der Waals surface area contributed by atoms with Gasteiger partial charge in [-0.05, 0) is 50.1 Å². The van der Waals surface area contributed by atoms with E-state index in [1.807, 2.05) is 16.8 Å². The number of hydrogen-bond donors (Lipinski definition) is 1. The van der Waals surface area contributed by atoms with Crippen LogP contribution in [0.3, 0.4) is 0 Å². The highest BCUT2D eigenvalue weighted by Crippen LogP contribution is 2.29. The first-order valence-electron chi connectivity index (χ1n) is 16.7. The predicted molar refractivity (Wildman–Crippen MR) is 190 cm³/mol. The number of fused-ring (bicyclic) bond motifs is 1. The van der Waals surface area contributed by atoms with E-state index >= 15 is 0 Å². The lowest BCUT2D eigenvalue weighted by Crippen LogP contribution is -2.35. The van der Waals surface area contributed by atoms with Gasteiger partial charge in [-0.15, -0.1) is 0 Å². The van der Waals surface area contributed by atoms with E-state index in [2.05, 4.69) is 0 Å². The van der Waals surface area contributed by atoms with E-state index in [9.17, 15) is 23.2 Å². The van der Waals surface area contributed by atoms with E-state index < -0.39 is 28.9 Å². The molecule has 0 atom stereocenters. The summed E-state index contributed by atoms with van der Waals surface area (Å²) in [6.45, 7) is 2.97. The summed E-state index contributed by atoms with van der Waals surface area (Å²) in [4.78, 5) is 40.4. The average Bonchev–Trinajstić information content (AvgIpc) is 3.12. The minimum atomic E-state index is -0.841. The maximum absolute atomic E-state index is 14.1. The molecule has 0 aliphatic carbocycles. The van der Waals surface area contributed by atoms with Gasteiger partial charge in [0, 0.05) is 66.6 Å². The fourth-order valence-electron chi connectivity index (χ4n) is 5.90. The number of aryl methyl sites for hydroxylation is 1. The third-order valence-electron chi connectivity index (χ3n) is 8.51. The van der Waals surface area contributed by atoms with Crippen molar-refractivity contribution in [2.24, 2.45) is 5.73 Å². The molecule has 2 amide bonds. The molecule has 2 aromatic heterocycles. The summed E-state index contributed by atoms with van der Waals surface area (Å²) in [5.41, 5.74) is 6.14. The van der Waals surface area contributed by atoms with E-state index in [1.54, 1.807) is 60.2 Å². The van der Waals surface area contributed by atoms with Crippen LogP contribution in [0.15, 0.2) is 90.1 Å². The van der Waals surface area contributed by atoms with Gasteiger partial charge in [0.25, 0.3) is 11.8 Å². The number of aromatic nitrogens is 2. The Morgan fingerprint density at radius 1 is 0.863 bits per heavy atom. The number of primary amides is 1. The van der Waals surface area contributed by atoms with Gasteiger partial charge in [0.05, 0.1) is 32.0 Å². The van der Waals surface area contributed by atoms with E-state index in [1.165, 1.54) is 20.4 Å². The van der Waals surface area contributed by atoms with Crippen LogP contribution in [0.4, 0.5) is 14.5 Å². The number of rotatable bonds is 16. The fraction of sp³-hybridized carbons (Fsp3) is 0.282. The highest BCUT2D eigenvalue weighted by Gasteiger charge is 2.24. The van der Waals surface area contributed by atoms with Crippen LogP contribution in [0.1, 0.15) is 59.7 Å². The normalized spacial score (nSPS) is 11.0. The molecule has 0 bridgehead atoms. The largest absolute Gasteiger partial charge is 0.497 e. The maximum Gasteiger partial charge on any atom is 0.263 e. The second-order valence-corrected chi connectivity index (χ2v) is 12.0. The number of halogens is 2. The molecule has 0 radical (unpaired) electrons. The van der Waals surface area contributed by atoms with Crippen LogP contribution in [0.5, 0.6) is 17.2 Å². The second-order valence-electron chi connectivity index (χ2n) is 12.0. The molecular formula is C39H41F2N4O6+. The van der Waals surface area contributed by atoms with Gasteiger partial charge in [0.2, 0.25) is 5.43 Å². The number of ether oxygens (including phenoxy) is 3. The first-order chi connectivity index (χ1) is 24.6. The summed E-state index contributed by atoms with van der Waals surface area (Å²) in [6.07, 6.45) is 9.88. The topological polar surface area (TPSA) is 117 Å². The highest BCUT2D eigenvalue weighted by atomic mass is 19.1. The van der Waals surface area contributed by atoms with Crippen molar-refractivity contribution in [1.29, 1.82) is 0 Å². The summed E-state index contributed by atoms with van der Waals surface area (Å²) in [5.74, 6) is -1.33. The number of unbranched alkanes of at least 4 members (excludes halogenated alkanes) is 4. The molecule has 0 aliphatic rings. The minimum absolute atomic E-state index is 0.00767. The van der Waals surface area contributed by atoms with Crippen molar-refractivity contribution in [3.8, 4) is 22.9 Å². The van der Waals surface area contributed by atoms with Crippen LogP contribution in [-0.4, -0.2) is 43.8 Å². The first-order valence-corrected chi connectivity index (χ1v) is 16.7. The fourth-order valence-corrected chi connectivity index (χ4v) is 5.90. The van der Waals surface area contributed by atoms with Gasteiger partial charge in [-0.3, -0.25) is 14.4 Å². The molecule has 12 heteroatoms. The predicted octanol–water partition coefficient (Wildman–Crippen LogP) is 6.37. The molecule has 0 fully saturated rings. The molecule has 0 spiro atoms. The molecule has 3 aromatic carbocycles. The zero-order chi connectivity index (χ0) is 36.5. The average molecular weight is 700 g/mol. The van der Waals surface area contributed by atoms with Crippen LogP contribution in [-0.2, 0) is 6.54 Å². The van der Waals surface area contributed by atoms with Crippen LogP contribution in [0.2, 0.25) is 0 Å². The first kappa shape index (κ1) is 36.5. The molecule has 266 valence electrons. The molecule has 5 aromatic rings. The Bertz CT molecular complexity index is 2060. The lowest BCUT2D eigenvalue weighted by Gasteiger charge is -2.22. The Hall–Kier alpha value is -5.78. The van der Waals surface area contributed by atoms with Crippen molar-refractivity contribution < 1.29 is 37.1 Å². The minimum Gasteiger partial charge on any atom is -0.497 e. The lowest BCUT2D eigenvalue weighted by molar-refractivity contribution is -0.697. The number of carbonyl (C=O) groups is 2. The van der Waals surface area contributed by atoms with Crippen molar-refractivity contribution in [3.05, 3.63) is 118 Å². The molecule has 2 heterocycles. The van der Waals surface area contributed by atoms with Crippen LogP contribution in [0.25, 0.3) is 16.6 Å². The van der Waals surface area contributed by atoms with Gasteiger partial charge < -0.3 is 29.4 Å². The molecule has 5 rings (SSSR count). The Labute approximate surface area is 294 Å². The van der Waals surface area contributed by atoms with Crippen molar-refractivity contribution >= 4 is 28.4 Å². The molecular weight excluding hydrogens is 658 g/mol. The van der Waals surface area contributed by atoms with Gasteiger partial charge in [-0.2, -0.15) is 0 Å². The number of anilines is 1. The van der Waals surface area contributed by atoms with E-state index in [0.29, 0.717) is 40.6 Å². The smallest absolute Gasteiger partial charge is 0.263 e.